The third kappa shape index (κ3) is 4.36. The molecule has 0 radical (unpaired) electrons. The van der Waals surface area contributed by atoms with E-state index in [4.69, 9.17) is 9.15 Å². The number of nitro groups is 1. The number of hydrogen-bond acceptors (Lipinski definition) is 6. The number of benzene rings is 2. The van der Waals surface area contributed by atoms with E-state index in [1.54, 1.807) is 24.3 Å². The van der Waals surface area contributed by atoms with Gasteiger partial charge in [0.05, 0.1) is 17.6 Å². The molecule has 0 aliphatic rings. The molecule has 1 heterocycles. The van der Waals surface area contributed by atoms with Crippen molar-refractivity contribution in [3.8, 4) is 23.1 Å². The molecule has 0 unspecified atom stereocenters. The van der Waals surface area contributed by atoms with E-state index in [1.165, 1.54) is 31.4 Å². The number of para-hydroxylation sites is 1. The third-order valence-corrected chi connectivity index (χ3v) is 4.33. The van der Waals surface area contributed by atoms with Crippen LogP contribution < -0.4 is 10.1 Å². The van der Waals surface area contributed by atoms with Gasteiger partial charge in [-0.15, -0.1) is 0 Å². The highest BCUT2D eigenvalue weighted by Crippen LogP contribution is 2.34. The number of anilines is 1. The normalized spacial score (nSPS) is 10.9. The number of rotatable bonds is 6. The molecule has 0 fully saturated rings. The number of amides is 1. The highest BCUT2D eigenvalue weighted by Gasteiger charge is 2.17. The first-order valence-electron chi connectivity index (χ1n) is 8.84. The summed E-state index contributed by atoms with van der Waals surface area (Å²) in [6, 6.07) is 16.4. The second-order valence-corrected chi connectivity index (χ2v) is 6.28. The molecule has 1 N–H and O–H groups in total. The van der Waals surface area contributed by atoms with Crippen LogP contribution >= 0.6 is 0 Å². The summed E-state index contributed by atoms with van der Waals surface area (Å²) in [6.07, 6.45) is 1.31. The van der Waals surface area contributed by atoms with E-state index in [0.29, 0.717) is 22.8 Å². The molecular weight excluding hydrogens is 386 g/mol. The minimum absolute atomic E-state index is 0.116. The molecule has 0 bridgehead atoms. The number of nitro benzene ring substituents is 1. The summed E-state index contributed by atoms with van der Waals surface area (Å²) >= 11 is 0. The van der Waals surface area contributed by atoms with Crippen molar-refractivity contribution in [2.24, 2.45) is 0 Å². The molecule has 1 aromatic heterocycles. The van der Waals surface area contributed by atoms with Gasteiger partial charge in [-0.2, -0.15) is 5.26 Å². The third-order valence-electron chi connectivity index (χ3n) is 4.33. The lowest BCUT2D eigenvalue weighted by Gasteiger charge is -2.07. The molecule has 0 spiro atoms. The Hall–Kier alpha value is -4.38. The lowest BCUT2D eigenvalue weighted by atomic mass is 10.1. The molecule has 3 aromatic rings. The van der Waals surface area contributed by atoms with Crippen LogP contribution in [0.4, 0.5) is 11.4 Å². The maximum atomic E-state index is 12.5. The standard InChI is InChI=1S/C22H17N3O5/c1-14-5-3-4-6-19(14)24-22(26)15(13-23)11-17-8-10-21(30-17)18-12-16(25(27)28)7-9-20(18)29-2/h3-12H,1-2H3,(H,24,26)/b15-11-. The molecule has 8 heteroatoms. The van der Waals surface area contributed by atoms with Crippen LogP contribution in [0, 0.1) is 28.4 Å². The largest absolute Gasteiger partial charge is 0.496 e. The zero-order valence-electron chi connectivity index (χ0n) is 16.2. The van der Waals surface area contributed by atoms with Gasteiger partial charge in [0, 0.05) is 23.9 Å². The van der Waals surface area contributed by atoms with Gasteiger partial charge in [0.2, 0.25) is 0 Å². The van der Waals surface area contributed by atoms with Crippen molar-refractivity contribution in [3.05, 3.63) is 81.6 Å². The fraction of sp³-hybridized carbons (Fsp3) is 0.0909. The fourth-order valence-electron chi connectivity index (χ4n) is 2.77. The van der Waals surface area contributed by atoms with Crippen LogP contribution in [0.1, 0.15) is 11.3 Å². The quantitative estimate of drug-likeness (QED) is 0.275. The van der Waals surface area contributed by atoms with Gasteiger partial charge in [-0.25, -0.2) is 0 Å². The van der Waals surface area contributed by atoms with Gasteiger partial charge < -0.3 is 14.5 Å². The lowest BCUT2D eigenvalue weighted by Crippen LogP contribution is -2.14. The second kappa shape index (κ2) is 8.75. The topological polar surface area (TPSA) is 118 Å². The lowest BCUT2D eigenvalue weighted by molar-refractivity contribution is -0.384. The van der Waals surface area contributed by atoms with Crippen LogP contribution in [0.15, 0.2) is 64.6 Å². The average molecular weight is 403 g/mol. The maximum Gasteiger partial charge on any atom is 0.270 e. The molecule has 0 aliphatic carbocycles. The number of furan rings is 1. The predicted octanol–water partition coefficient (Wildman–Crippen LogP) is 4.72. The first-order chi connectivity index (χ1) is 14.4. The molecular formula is C22H17N3O5. The van der Waals surface area contributed by atoms with Crippen molar-refractivity contribution in [1.82, 2.24) is 0 Å². The van der Waals surface area contributed by atoms with E-state index in [-0.39, 0.29) is 17.0 Å². The van der Waals surface area contributed by atoms with E-state index < -0.39 is 10.8 Å². The van der Waals surface area contributed by atoms with Crippen LogP contribution in [0.2, 0.25) is 0 Å². The molecule has 150 valence electrons. The van der Waals surface area contributed by atoms with Gasteiger partial charge >= 0.3 is 0 Å². The minimum Gasteiger partial charge on any atom is -0.496 e. The van der Waals surface area contributed by atoms with Crippen molar-refractivity contribution in [3.63, 3.8) is 0 Å². The number of nitrogens with zero attached hydrogens (tertiary/aromatic N) is 2. The molecule has 0 saturated heterocycles. The Morgan fingerprint density at radius 1 is 1.23 bits per heavy atom. The van der Waals surface area contributed by atoms with E-state index in [1.807, 2.05) is 25.1 Å². The molecule has 2 aromatic carbocycles. The number of nitrogens with one attached hydrogen (secondary N) is 1. The van der Waals surface area contributed by atoms with Gasteiger partial charge in [0.15, 0.2) is 0 Å². The highest BCUT2D eigenvalue weighted by molar-refractivity contribution is 6.09. The smallest absolute Gasteiger partial charge is 0.270 e. The molecule has 0 aliphatic heterocycles. The average Bonchev–Trinajstić information content (AvgIpc) is 3.21. The Morgan fingerprint density at radius 2 is 2.00 bits per heavy atom. The Kier molecular flexibility index (Phi) is 5.94. The van der Waals surface area contributed by atoms with E-state index in [0.717, 1.165) is 5.56 Å². The highest BCUT2D eigenvalue weighted by atomic mass is 16.6. The Morgan fingerprint density at radius 3 is 2.67 bits per heavy atom. The maximum absolute atomic E-state index is 12.5. The Balaban J connectivity index is 1.90. The van der Waals surface area contributed by atoms with Crippen molar-refractivity contribution in [1.29, 1.82) is 5.26 Å². The summed E-state index contributed by atoms with van der Waals surface area (Å²) in [5.74, 6) is 0.370. The van der Waals surface area contributed by atoms with Gasteiger partial charge in [0.25, 0.3) is 11.6 Å². The summed E-state index contributed by atoms with van der Waals surface area (Å²) in [5.41, 5.74) is 1.58. The molecule has 8 nitrogen and oxygen atoms in total. The van der Waals surface area contributed by atoms with E-state index in [2.05, 4.69) is 5.32 Å². The molecule has 0 atom stereocenters. The molecule has 30 heavy (non-hydrogen) atoms. The summed E-state index contributed by atoms with van der Waals surface area (Å²) in [7, 11) is 1.44. The number of carbonyl (C=O) groups excluding carboxylic acids is 1. The second-order valence-electron chi connectivity index (χ2n) is 6.28. The van der Waals surface area contributed by atoms with Crippen molar-refractivity contribution < 1.29 is 18.9 Å². The number of carbonyl (C=O) groups is 1. The van der Waals surface area contributed by atoms with Crippen molar-refractivity contribution >= 4 is 23.4 Å². The van der Waals surface area contributed by atoms with E-state index >= 15 is 0 Å². The Labute approximate surface area is 172 Å². The number of hydrogen-bond donors (Lipinski definition) is 1. The van der Waals surface area contributed by atoms with Crippen molar-refractivity contribution in [2.75, 3.05) is 12.4 Å². The zero-order chi connectivity index (χ0) is 21.7. The van der Waals surface area contributed by atoms with Gasteiger partial charge in [-0.05, 0) is 36.8 Å². The van der Waals surface area contributed by atoms with Crippen LogP contribution in [0.3, 0.4) is 0 Å². The van der Waals surface area contributed by atoms with Crippen molar-refractivity contribution in [2.45, 2.75) is 6.92 Å². The predicted molar refractivity (Wildman–Crippen MR) is 111 cm³/mol. The monoisotopic (exact) mass is 403 g/mol. The number of methoxy groups -OCH3 is 1. The fourth-order valence-corrected chi connectivity index (χ4v) is 2.77. The number of aryl methyl sites for hydroxylation is 1. The minimum atomic E-state index is -0.572. The van der Waals surface area contributed by atoms with Gasteiger partial charge in [-0.1, -0.05) is 18.2 Å². The first kappa shape index (κ1) is 20.4. The van der Waals surface area contributed by atoms with Crippen LogP contribution in [-0.4, -0.2) is 17.9 Å². The number of non-ortho nitro benzene ring substituents is 1. The Bertz CT molecular complexity index is 1190. The van der Waals surface area contributed by atoms with Crippen LogP contribution in [-0.2, 0) is 4.79 Å². The van der Waals surface area contributed by atoms with Gasteiger partial charge in [-0.3, -0.25) is 14.9 Å². The number of ether oxygens (including phenoxy) is 1. The van der Waals surface area contributed by atoms with E-state index in [9.17, 15) is 20.2 Å². The number of nitriles is 1. The summed E-state index contributed by atoms with van der Waals surface area (Å²) in [4.78, 5) is 23.0. The van der Waals surface area contributed by atoms with Gasteiger partial charge in [0.1, 0.15) is 28.9 Å². The molecule has 3 rings (SSSR count). The van der Waals surface area contributed by atoms with Crippen LogP contribution in [0.5, 0.6) is 5.75 Å². The summed E-state index contributed by atoms with van der Waals surface area (Å²) in [6.45, 7) is 1.84. The summed E-state index contributed by atoms with van der Waals surface area (Å²) in [5, 5.41) is 23.2. The SMILES string of the molecule is COc1ccc([N+](=O)[O-])cc1-c1ccc(/C=C(/C#N)C(=O)Nc2ccccc2C)o1. The summed E-state index contributed by atoms with van der Waals surface area (Å²) < 4.78 is 10.9. The molecule has 0 saturated carbocycles. The first-order valence-corrected chi connectivity index (χ1v) is 8.84. The van der Waals surface area contributed by atoms with Crippen LogP contribution in [0.25, 0.3) is 17.4 Å². The molecule has 1 amide bonds. The zero-order valence-corrected chi connectivity index (χ0v) is 16.2.